The van der Waals surface area contributed by atoms with Crippen LogP contribution < -0.4 is 10.1 Å². The Labute approximate surface area is 180 Å². The standard InChI is InChI=1S/C23H23ClN2O4/c1-3-26(4-2)23(28)19-11-10-17(14-20(19)24)25-22(27)21-16(12-13-29-21)15-30-18-8-6-5-7-9-18/h5-14H,3-4,15H2,1-2H3,(H,25,27). The van der Waals surface area contributed by atoms with Crippen molar-refractivity contribution in [1.29, 1.82) is 0 Å². The van der Waals surface area contributed by atoms with Gasteiger partial charge in [0, 0.05) is 24.3 Å². The van der Waals surface area contributed by atoms with Crippen LogP contribution in [0.5, 0.6) is 5.75 Å². The Kier molecular flexibility index (Phi) is 7.14. The molecule has 0 bridgehead atoms. The number of carbonyl (C=O) groups excluding carboxylic acids is 2. The van der Waals surface area contributed by atoms with E-state index in [9.17, 15) is 9.59 Å². The fourth-order valence-corrected chi connectivity index (χ4v) is 3.22. The van der Waals surface area contributed by atoms with Gasteiger partial charge < -0.3 is 19.4 Å². The Balaban J connectivity index is 1.69. The summed E-state index contributed by atoms with van der Waals surface area (Å²) < 4.78 is 11.0. The minimum atomic E-state index is -0.425. The molecule has 0 aliphatic heterocycles. The third-order valence-electron chi connectivity index (χ3n) is 4.60. The molecule has 6 nitrogen and oxygen atoms in total. The monoisotopic (exact) mass is 426 g/mol. The molecule has 7 heteroatoms. The molecule has 1 heterocycles. The lowest BCUT2D eigenvalue weighted by molar-refractivity contribution is 0.0773. The van der Waals surface area contributed by atoms with E-state index < -0.39 is 5.91 Å². The molecule has 2 aromatic carbocycles. The number of para-hydroxylation sites is 1. The van der Waals surface area contributed by atoms with Gasteiger partial charge in [-0.1, -0.05) is 29.8 Å². The van der Waals surface area contributed by atoms with E-state index in [1.165, 1.54) is 6.26 Å². The Morgan fingerprint density at radius 2 is 1.80 bits per heavy atom. The van der Waals surface area contributed by atoms with Crippen molar-refractivity contribution in [3.63, 3.8) is 0 Å². The van der Waals surface area contributed by atoms with Crippen LogP contribution in [0, 0.1) is 0 Å². The van der Waals surface area contributed by atoms with Crippen LogP contribution in [-0.4, -0.2) is 29.8 Å². The summed E-state index contributed by atoms with van der Waals surface area (Å²) in [6.07, 6.45) is 1.44. The van der Waals surface area contributed by atoms with Crippen molar-refractivity contribution >= 4 is 29.1 Å². The van der Waals surface area contributed by atoms with Gasteiger partial charge in [0.2, 0.25) is 0 Å². The van der Waals surface area contributed by atoms with E-state index in [0.29, 0.717) is 35.7 Å². The van der Waals surface area contributed by atoms with Crippen LogP contribution >= 0.6 is 11.6 Å². The third-order valence-corrected chi connectivity index (χ3v) is 4.91. The minimum Gasteiger partial charge on any atom is -0.489 e. The zero-order valence-corrected chi connectivity index (χ0v) is 17.6. The number of benzene rings is 2. The van der Waals surface area contributed by atoms with Crippen molar-refractivity contribution in [1.82, 2.24) is 4.90 Å². The average molecular weight is 427 g/mol. The van der Waals surface area contributed by atoms with Gasteiger partial charge in [0.1, 0.15) is 12.4 Å². The van der Waals surface area contributed by atoms with Crippen LogP contribution in [0.3, 0.4) is 0 Å². The summed E-state index contributed by atoms with van der Waals surface area (Å²) >= 11 is 6.30. The largest absolute Gasteiger partial charge is 0.489 e. The quantitative estimate of drug-likeness (QED) is 0.534. The zero-order chi connectivity index (χ0) is 21.5. The molecule has 1 aromatic heterocycles. The summed E-state index contributed by atoms with van der Waals surface area (Å²) in [7, 11) is 0. The average Bonchev–Trinajstić information content (AvgIpc) is 3.23. The predicted molar refractivity (Wildman–Crippen MR) is 116 cm³/mol. The number of nitrogens with zero attached hydrogens (tertiary/aromatic N) is 1. The van der Waals surface area contributed by atoms with Crippen LogP contribution in [-0.2, 0) is 6.61 Å². The number of furan rings is 1. The molecule has 1 N–H and O–H groups in total. The molecule has 0 aliphatic carbocycles. The zero-order valence-electron chi connectivity index (χ0n) is 16.9. The van der Waals surface area contributed by atoms with Gasteiger partial charge in [-0.15, -0.1) is 0 Å². The summed E-state index contributed by atoms with van der Waals surface area (Å²) in [6, 6.07) is 15.8. The van der Waals surface area contributed by atoms with Crippen LogP contribution in [0.25, 0.3) is 0 Å². The van der Waals surface area contributed by atoms with Gasteiger partial charge in [-0.05, 0) is 50.2 Å². The highest BCUT2D eigenvalue weighted by Gasteiger charge is 2.19. The maximum absolute atomic E-state index is 12.7. The van der Waals surface area contributed by atoms with E-state index in [4.69, 9.17) is 20.8 Å². The molecule has 3 rings (SSSR count). The number of rotatable bonds is 8. The first-order valence-electron chi connectivity index (χ1n) is 9.67. The van der Waals surface area contributed by atoms with Crippen molar-refractivity contribution in [2.75, 3.05) is 18.4 Å². The SMILES string of the molecule is CCN(CC)C(=O)c1ccc(NC(=O)c2occc2COc2ccccc2)cc1Cl. The Morgan fingerprint density at radius 1 is 1.07 bits per heavy atom. The smallest absolute Gasteiger partial charge is 0.291 e. The first-order chi connectivity index (χ1) is 14.5. The first-order valence-corrected chi connectivity index (χ1v) is 10.1. The molecule has 0 radical (unpaired) electrons. The molecular weight excluding hydrogens is 404 g/mol. The van der Waals surface area contributed by atoms with Gasteiger partial charge in [-0.2, -0.15) is 0 Å². The van der Waals surface area contributed by atoms with Gasteiger partial charge in [0.25, 0.3) is 11.8 Å². The Hall–Kier alpha value is -3.25. The first kappa shape index (κ1) is 21.5. The molecule has 156 valence electrons. The number of halogens is 1. The number of ether oxygens (including phenoxy) is 1. The minimum absolute atomic E-state index is 0.144. The van der Waals surface area contributed by atoms with Crippen molar-refractivity contribution < 1.29 is 18.7 Å². The van der Waals surface area contributed by atoms with E-state index in [0.717, 1.165) is 0 Å². The van der Waals surface area contributed by atoms with Gasteiger partial charge in [-0.3, -0.25) is 9.59 Å². The molecule has 3 aromatic rings. The van der Waals surface area contributed by atoms with Crippen molar-refractivity contribution in [3.8, 4) is 5.75 Å². The summed E-state index contributed by atoms with van der Waals surface area (Å²) in [5, 5.41) is 3.02. The number of amides is 2. The number of carbonyl (C=O) groups is 2. The molecule has 0 fully saturated rings. The lowest BCUT2D eigenvalue weighted by Crippen LogP contribution is -2.30. The van der Waals surface area contributed by atoms with Gasteiger partial charge in [-0.25, -0.2) is 0 Å². The van der Waals surface area contributed by atoms with Crippen LogP contribution in [0.1, 0.15) is 40.3 Å². The van der Waals surface area contributed by atoms with Crippen LogP contribution in [0.2, 0.25) is 5.02 Å². The van der Waals surface area contributed by atoms with E-state index in [2.05, 4.69) is 5.32 Å². The van der Waals surface area contributed by atoms with Gasteiger partial charge in [0.15, 0.2) is 5.76 Å². The maximum Gasteiger partial charge on any atom is 0.291 e. The second-order valence-corrected chi connectivity index (χ2v) is 6.91. The highest BCUT2D eigenvalue weighted by molar-refractivity contribution is 6.34. The van der Waals surface area contributed by atoms with E-state index in [-0.39, 0.29) is 23.3 Å². The number of hydrogen-bond donors (Lipinski definition) is 1. The van der Waals surface area contributed by atoms with E-state index in [1.807, 2.05) is 44.2 Å². The summed E-state index contributed by atoms with van der Waals surface area (Å²) in [5.41, 5.74) is 1.48. The third kappa shape index (κ3) is 5.02. The molecule has 30 heavy (non-hydrogen) atoms. The maximum atomic E-state index is 12.7. The molecule has 0 spiro atoms. The molecule has 0 aliphatic rings. The topological polar surface area (TPSA) is 71.8 Å². The number of hydrogen-bond acceptors (Lipinski definition) is 4. The normalized spacial score (nSPS) is 10.5. The van der Waals surface area contributed by atoms with Gasteiger partial charge in [0.05, 0.1) is 16.8 Å². The summed E-state index contributed by atoms with van der Waals surface area (Å²) in [4.78, 5) is 26.8. The Bertz CT molecular complexity index is 1010. The highest BCUT2D eigenvalue weighted by atomic mass is 35.5. The molecule has 0 saturated carbocycles. The molecule has 2 amide bonds. The van der Waals surface area contributed by atoms with Crippen molar-refractivity contribution in [3.05, 3.63) is 82.8 Å². The van der Waals surface area contributed by atoms with E-state index >= 15 is 0 Å². The number of nitrogens with one attached hydrogen (secondary N) is 1. The van der Waals surface area contributed by atoms with E-state index in [1.54, 1.807) is 29.2 Å². The highest BCUT2D eigenvalue weighted by Crippen LogP contribution is 2.24. The lowest BCUT2D eigenvalue weighted by atomic mass is 10.1. The molecule has 0 unspecified atom stereocenters. The summed E-state index contributed by atoms with van der Waals surface area (Å²) in [5.74, 6) is 0.287. The lowest BCUT2D eigenvalue weighted by Gasteiger charge is -2.19. The van der Waals surface area contributed by atoms with Crippen molar-refractivity contribution in [2.45, 2.75) is 20.5 Å². The van der Waals surface area contributed by atoms with Crippen LogP contribution in [0.4, 0.5) is 5.69 Å². The predicted octanol–water partition coefficient (Wildman–Crippen LogP) is 5.25. The van der Waals surface area contributed by atoms with Crippen molar-refractivity contribution in [2.24, 2.45) is 0 Å². The number of anilines is 1. The molecule has 0 atom stereocenters. The molecular formula is C23H23ClN2O4. The second-order valence-electron chi connectivity index (χ2n) is 6.50. The Morgan fingerprint density at radius 3 is 2.47 bits per heavy atom. The fourth-order valence-electron chi connectivity index (χ4n) is 2.96. The summed E-state index contributed by atoms with van der Waals surface area (Å²) in [6.45, 7) is 5.20. The van der Waals surface area contributed by atoms with Gasteiger partial charge >= 0.3 is 0 Å². The molecule has 0 saturated heterocycles. The second kappa shape index (κ2) is 9.98. The van der Waals surface area contributed by atoms with Crippen LogP contribution in [0.15, 0.2) is 65.3 Å². The fraction of sp³-hybridized carbons (Fsp3) is 0.217.